The predicted molar refractivity (Wildman–Crippen MR) is 102 cm³/mol. The van der Waals surface area contributed by atoms with Crippen molar-refractivity contribution in [2.75, 3.05) is 6.61 Å². The first kappa shape index (κ1) is 23.0. The molecule has 0 amide bonds. The van der Waals surface area contributed by atoms with Gasteiger partial charge < -0.3 is 19.6 Å². The predicted octanol–water partition coefficient (Wildman–Crippen LogP) is 5.46. The van der Waals surface area contributed by atoms with Crippen molar-refractivity contribution in [2.24, 2.45) is 0 Å². The maximum absolute atomic E-state index is 14.6. The molecule has 5 nitrogen and oxygen atoms in total. The Kier molecular flexibility index (Phi) is 6.76. The molecule has 0 bridgehead atoms. The van der Waals surface area contributed by atoms with Gasteiger partial charge in [-0.25, -0.2) is 9.18 Å². The third-order valence-electron chi connectivity index (χ3n) is 4.30. The molecular weight excluding hydrogens is 477 g/mol. The minimum atomic E-state index is -4.72. The molecule has 0 saturated carbocycles. The molecule has 2 N–H and O–H groups in total. The normalized spacial score (nSPS) is 17.3. The molecular formula is C18H14Cl3F4NO4. The SMILES string of the molecule is O=C(O)C(CC1CO1)Oc1cc(-c2cc(C(F)(F)F)[nH]c2CC(Cl)Cl)c(F)cc1Cl. The number of H-pyrrole nitrogens is 1. The number of ether oxygens (including phenoxy) is 2. The summed E-state index contributed by atoms with van der Waals surface area (Å²) in [4.78, 5) is 12.5. The van der Waals surface area contributed by atoms with Crippen LogP contribution < -0.4 is 4.74 Å². The number of benzene rings is 1. The largest absolute Gasteiger partial charge is 0.479 e. The number of carbonyl (C=O) groups is 1. The molecule has 0 radical (unpaired) electrons. The second kappa shape index (κ2) is 8.82. The number of hydrogen-bond acceptors (Lipinski definition) is 3. The van der Waals surface area contributed by atoms with Crippen LogP contribution in [0.2, 0.25) is 5.02 Å². The highest BCUT2D eigenvalue weighted by molar-refractivity contribution is 6.44. The van der Waals surface area contributed by atoms with Crippen molar-refractivity contribution >= 4 is 40.8 Å². The first-order valence-corrected chi connectivity index (χ1v) is 9.78. The van der Waals surface area contributed by atoms with Crippen molar-refractivity contribution in [2.45, 2.75) is 36.1 Å². The van der Waals surface area contributed by atoms with Crippen LogP contribution in [-0.4, -0.2) is 39.7 Å². The molecule has 2 unspecified atom stereocenters. The Bertz CT molecular complexity index is 944. The third-order valence-corrected chi connectivity index (χ3v) is 4.90. The van der Waals surface area contributed by atoms with Crippen molar-refractivity contribution in [1.82, 2.24) is 4.98 Å². The molecule has 1 saturated heterocycles. The molecule has 2 atom stereocenters. The fraction of sp³-hybridized carbons (Fsp3) is 0.389. The smallest absolute Gasteiger partial charge is 0.431 e. The Labute approximate surface area is 182 Å². The first-order chi connectivity index (χ1) is 14.0. The van der Waals surface area contributed by atoms with E-state index in [-0.39, 0.29) is 46.5 Å². The number of rotatable bonds is 8. The van der Waals surface area contributed by atoms with Crippen molar-refractivity contribution in [3.05, 3.63) is 40.4 Å². The van der Waals surface area contributed by atoms with E-state index in [1.165, 1.54) is 0 Å². The molecule has 164 valence electrons. The molecule has 0 aliphatic carbocycles. The third kappa shape index (κ3) is 5.51. The summed E-state index contributed by atoms with van der Waals surface area (Å²) in [5.41, 5.74) is -1.60. The maximum Gasteiger partial charge on any atom is 0.431 e. The molecule has 1 aromatic carbocycles. The average molecular weight is 491 g/mol. The molecule has 1 aliphatic rings. The summed E-state index contributed by atoms with van der Waals surface area (Å²) < 4.78 is 64.5. The number of aliphatic carboxylic acids is 1. The lowest BCUT2D eigenvalue weighted by Crippen LogP contribution is -2.28. The van der Waals surface area contributed by atoms with Gasteiger partial charge in [0.25, 0.3) is 0 Å². The highest BCUT2D eigenvalue weighted by atomic mass is 35.5. The summed E-state index contributed by atoms with van der Waals surface area (Å²) in [6, 6.07) is 2.60. The van der Waals surface area contributed by atoms with E-state index >= 15 is 0 Å². The molecule has 3 rings (SSSR count). The van der Waals surface area contributed by atoms with Crippen LogP contribution in [0.3, 0.4) is 0 Å². The average Bonchev–Trinajstić information content (AvgIpc) is 3.33. The van der Waals surface area contributed by atoms with Gasteiger partial charge in [0.2, 0.25) is 0 Å². The molecule has 2 aromatic rings. The van der Waals surface area contributed by atoms with Crippen LogP contribution in [0.15, 0.2) is 18.2 Å². The van der Waals surface area contributed by atoms with Gasteiger partial charge in [-0.05, 0) is 18.2 Å². The van der Waals surface area contributed by atoms with Crippen LogP contribution in [0.4, 0.5) is 17.6 Å². The van der Waals surface area contributed by atoms with Crippen molar-refractivity contribution in [3.63, 3.8) is 0 Å². The van der Waals surface area contributed by atoms with E-state index in [0.717, 1.165) is 12.1 Å². The van der Waals surface area contributed by atoms with Crippen molar-refractivity contribution < 1.29 is 36.9 Å². The van der Waals surface area contributed by atoms with Crippen LogP contribution in [0, 0.1) is 5.82 Å². The Hall–Kier alpha value is -1.68. The molecule has 1 aliphatic heterocycles. The van der Waals surface area contributed by atoms with Gasteiger partial charge in [-0.3, -0.25) is 0 Å². The minimum Gasteiger partial charge on any atom is -0.479 e. The quantitative estimate of drug-likeness (QED) is 0.293. The van der Waals surface area contributed by atoms with Gasteiger partial charge in [0.05, 0.1) is 17.7 Å². The number of carboxylic acid groups (broad SMARTS) is 1. The lowest BCUT2D eigenvalue weighted by atomic mass is 10.0. The van der Waals surface area contributed by atoms with Gasteiger partial charge in [0.1, 0.15) is 22.1 Å². The molecule has 12 heteroatoms. The number of hydrogen-bond donors (Lipinski definition) is 2. The number of epoxide rings is 1. The van der Waals surface area contributed by atoms with E-state index in [4.69, 9.17) is 44.3 Å². The van der Waals surface area contributed by atoms with E-state index in [0.29, 0.717) is 12.7 Å². The lowest BCUT2D eigenvalue weighted by Gasteiger charge is -2.17. The fourth-order valence-electron chi connectivity index (χ4n) is 2.83. The highest BCUT2D eigenvalue weighted by Crippen LogP contribution is 2.39. The molecule has 2 heterocycles. The second-order valence-electron chi connectivity index (χ2n) is 6.57. The molecule has 1 fully saturated rings. The molecule has 1 aromatic heterocycles. The second-order valence-corrected chi connectivity index (χ2v) is 8.25. The van der Waals surface area contributed by atoms with Gasteiger partial charge in [-0.15, -0.1) is 23.2 Å². The topological polar surface area (TPSA) is 74.8 Å². The van der Waals surface area contributed by atoms with E-state index in [2.05, 4.69) is 4.98 Å². The Balaban J connectivity index is 2.02. The Morgan fingerprint density at radius 1 is 1.30 bits per heavy atom. The maximum atomic E-state index is 14.6. The lowest BCUT2D eigenvalue weighted by molar-refractivity contribution is -0.145. The van der Waals surface area contributed by atoms with E-state index in [9.17, 15) is 27.5 Å². The Morgan fingerprint density at radius 2 is 1.97 bits per heavy atom. The standard InChI is InChI=1S/C18H14Cl3F4NO4/c19-10-4-11(22)8(2-13(10)30-14(17(27)28)1-7-6-29-7)9-3-15(18(23,24)25)26-12(9)5-16(20)21/h2-4,7,14,16,26H,1,5-6H2,(H,27,28). The highest BCUT2D eigenvalue weighted by Gasteiger charge is 2.35. The van der Waals surface area contributed by atoms with Gasteiger partial charge in [0, 0.05) is 29.7 Å². The van der Waals surface area contributed by atoms with Crippen LogP contribution in [0.5, 0.6) is 5.75 Å². The monoisotopic (exact) mass is 489 g/mol. The van der Waals surface area contributed by atoms with Crippen LogP contribution in [-0.2, 0) is 22.1 Å². The number of alkyl halides is 5. The number of aromatic nitrogens is 1. The van der Waals surface area contributed by atoms with Gasteiger partial charge >= 0.3 is 12.1 Å². The Morgan fingerprint density at radius 3 is 2.50 bits per heavy atom. The van der Waals surface area contributed by atoms with E-state index in [1.807, 2.05) is 0 Å². The summed E-state index contributed by atoms with van der Waals surface area (Å²) in [6.45, 7) is 0.389. The van der Waals surface area contributed by atoms with Crippen LogP contribution >= 0.6 is 34.8 Å². The summed E-state index contributed by atoms with van der Waals surface area (Å²) >= 11 is 17.4. The zero-order valence-corrected chi connectivity index (χ0v) is 17.2. The van der Waals surface area contributed by atoms with Crippen molar-refractivity contribution in [1.29, 1.82) is 0 Å². The van der Waals surface area contributed by atoms with Crippen LogP contribution in [0.25, 0.3) is 11.1 Å². The first-order valence-electron chi connectivity index (χ1n) is 8.53. The number of nitrogens with one attached hydrogen (secondary N) is 1. The van der Waals surface area contributed by atoms with Gasteiger partial charge in [0.15, 0.2) is 6.10 Å². The number of halogens is 7. The minimum absolute atomic E-state index is 0.0339. The van der Waals surface area contributed by atoms with Gasteiger partial charge in [-0.1, -0.05) is 11.6 Å². The van der Waals surface area contributed by atoms with Gasteiger partial charge in [-0.2, -0.15) is 13.2 Å². The molecule has 0 spiro atoms. The summed E-state index contributed by atoms with van der Waals surface area (Å²) in [7, 11) is 0. The van der Waals surface area contributed by atoms with E-state index in [1.54, 1.807) is 0 Å². The fourth-order valence-corrected chi connectivity index (χ4v) is 3.33. The van der Waals surface area contributed by atoms with E-state index < -0.39 is 34.6 Å². The summed E-state index contributed by atoms with van der Waals surface area (Å²) in [5, 5.41) is 9.09. The summed E-state index contributed by atoms with van der Waals surface area (Å²) in [6.07, 6.45) is -6.52. The number of carboxylic acids is 1. The number of aromatic amines is 1. The zero-order chi connectivity index (χ0) is 22.2. The zero-order valence-electron chi connectivity index (χ0n) is 14.9. The molecule has 30 heavy (non-hydrogen) atoms. The summed E-state index contributed by atoms with van der Waals surface area (Å²) in [5.74, 6) is -2.42. The van der Waals surface area contributed by atoms with Crippen LogP contribution in [0.1, 0.15) is 17.8 Å². The van der Waals surface area contributed by atoms with Crippen molar-refractivity contribution in [3.8, 4) is 16.9 Å².